The van der Waals surface area contributed by atoms with E-state index >= 15 is 0 Å². The van der Waals surface area contributed by atoms with Crippen molar-refractivity contribution in [1.29, 1.82) is 0 Å². The lowest BCUT2D eigenvalue weighted by atomic mass is 9.61. The minimum absolute atomic E-state index is 0.0917. The normalized spacial score (nSPS) is 23.1. The summed E-state index contributed by atoms with van der Waals surface area (Å²) in [6.07, 6.45) is 8.11. The quantitative estimate of drug-likeness (QED) is 0.340. The molecule has 0 amide bonds. The number of hydrogen-bond donors (Lipinski definition) is 2. The summed E-state index contributed by atoms with van der Waals surface area (Å²) in [5.74, 6) is -0.799. The van der Waals surface area contributed by atoms with E-state index in [0.717, 1.165) is 42.8 Å². The molecular formula is C30H29Cl2NO2. The van der Waals surface area contributed by atoms with Crippen LogP contribution in [0.1, 0.15) is 55.2 Å². The second-order valence-electron chi connectivity index (χ2n) is 9.84. The van der Waals surface area contributed by atoms with E-state index in [4.69, 9.17) is 23.2 Å². The SMILES string of the molecule is O=C(O)C1(Nc2cccc(Cl)c2)CCC2(CC1)C(CCCc1ccc(Cl)cc1)=Cc1ccccc12. The molecule has 5 heteroatoms. The zero-order chi connectivity index (χ0) is 24.5. The first-order valence-electron chi connectivity index (χ1n) is 12.2. The molecule has 180 valence electrons. The summed E-state index contributed by atoms with van der Waals surface area (Å²) in [4.78, 5) is 12.5. The maximum atomic E-state index is 12.5. The predicted octanol–water partition coefficient (Wildman–Crippen LogP) is 8.16. The van der Waals surface area contributed by atoms with Gasteiger partial charge in [-0.25, -0.2) is 4.79 Å². The second kappa shape index (κ2) is 9.72. The number of aryl methyl sites for hydroxylation is 1. The van der Waals surface area contributed by atoms with Crippen molar-refractivity contribution in [2.45, 2.75) is 55.9 Å². The van der Waals surface area contributed by atoms with Crippen LogP contribution in [0.15, 0.2) is 78.4 Å². The zero-order valence-corrected chi connectivity index (χ0v) is 21.1. The molecule has 5 rings (SSSR count). The van der Waals surface area contributed by atoms with Crippen molar-refractivity contribution in [2.24, 2.45) is 0 Å². The van der Waals surface area contributed by atoms with Gasteiger partial charge in [-0.3, -0.25) is 0 Å². The van der Waals surface area contributed by atoms with E-state index in [1.807, 2.05) is 24.3 Å². The Labute approximate surface area is 216 Å². The van der Waals surface area contributed by atoms with Crippen molar-refractivity contribution in [3.05, 3.63) is 105 Å². The van der Waals surface area contributed by atoms with Gasteiger partial charge in [-0.15, -0.1) is 0 Å². The van der Waals surface area contributed by atoms with Gasteiger partial charge >= 0.3 is 5.97 Å². The van der Waals surface area contributed by atoms with Gasteiger partial charge in [0.25, 0.3) is 0 Å². The molecule has 0 saturated heterocycles. The fourth-order valence-corrected chi connectivity index (χ4v) is 6.25. The van der Waals surface area contributed by atoms with Crippen molar-refractivity contribution in [3.8, 4) is 0 Å². The lowest BCUT2D eigenvalue weighted by Crippen LogP contribution is -2.52. The number of nitrogens with one attached hydrogen (secondary N) is 1. The van der Waals surface area contributed by atoms with Crippen LogP contribution in [0.3, 0.4) is 0 Å². The van der Waals surface area contributed by atoms with Gasteiger partial charge in [-0.1, -0.05) is 77.3 Å². The van der Waals surface area contributed by atoms with Gasteiger partial charge in [0.1, 0.15) is 5.54 Å². The molecule has 2 aliphatic carbocycles. The molecule has 1 saturated carbocycles. The number of carboxylic acid groups (broad SMARTS) is 1. The summed E-state index contributed by atoms with van der Waals surface area (Å²) in [5, 5.41) is 15.0. The number of allylic oxidation sites excluding steroid dienone is 1. The summed E-state index contributed by atoms with van der Waals surface area (Å²) in [6, 6.07) is 24.0. The third-order valence-corrected chi connectivity index (χ3v) is 8.31. The molecule has 2 aliphatic rings. The fraction of sp³-hybridized carbons (Fsp3) is 0.300. The zero-order valence-electron chi connectivity index (χ0n) is 19.6. The molecule has 0 aromatic heterocycles. The lowest BCUT2D eigenvalue weighted by Gasteiger charge is -2.45. The molecule has 1 spiro atoms. The first kappa shape index (κ1) is 24.0. The van der Waals surface area contributed by atoms with Crippen LogP contribution < -0.4 is 5.32 Å². The summed E-state index contributed by atoms with van der Waals surface area (Å²) < 4.78 is 0. The molecule has 3 nitrogen and oxygen atoms in total. The van der Waals surface area contributed by atoms with Crippen LogP contribution in [-0.2, 0) is 16.6 Å². The van der Waals surface area contributed by atoms with Gasteiger partial charge in [0.05, 0.1) is 0 Å². The Kier molecular flexibility index (Phi) is 6.65. The first-order valence-corrected chi connectivity index (χ1v) is 13.0. The van der Waals surface area contributed by atoms with Crippen LogP contribution in [0.2, 0.25) is 10.0 Å². The minimum Gasteiger partial charge on any atom is -0.480 e. The van der Waals surface area contributed by atoms with Crippen LogP contribution in [-0.4, -0.2) is 16.6 Å². The Morgan fingerprint density at radius 2 is 1.60 bits per heavy atom. The first-order chi connectivity index (χ1) is 16.9. The summed E-state index contributed by atoms with van der Waals surface area (Å²) >= 11 is 12.2. The van der Waals surface area contributed by atoms with E-state index in [1.165, 1.54) is 22.3 Å². The van der Waals surface area contributed by atoms with E-state index < -0.39 is 11.5 Å². The standard InChI is InChI=1S/C30H29Cl2NO2/c31-24-13-11-21(12-14-24)5-3-7-23-19-22-6-1-2-10-27(22)29(23)15-17-30(18-16-29,28(34)35)33-26-9-4-8-25(32)20-26/h1-2,4,6,8-14,19-20,33H,3,5,7,15-18H2,(H,34,35). The van der Waals surface area contributed by atoms with Crippen molar-refractivity contribution in [1.82, 2.24) is 0 Å². The fourth-order valence-electron chi connectivity index (χ4n) is 5.93. The smallest absolute Gasteiger partial charge is 0.329 e. The van der Waals surface area contributed by atoms with E-state index in [-0.39, 0.29) is 5.41 Å². The van der Waals surface area contributed by atoms with Crippen molar-refractivity contribution in [2.75, 3.05) is 5.32 Å². The maximum Gasteiger partial charge on any atom is 0.329 e. The number of carboxylic acids is 1. The molecule has 0 atom stereocenters. The van der Waals surface area contributed by atoms with Crippen LogP contribution in [0, 0.1) is 0 Å². The molecular weight excluding hydrogens is 477 g/mol. The molecule has 0 bridgehead atoms. The third-order valence-electron chi connectivity index (χ3n) is 7.82. The van der Waals surface area contributed by atoms with Crippen LogP contribution in [0.25, 0.3) is 6.08 Å². The number of anilines is 1. The molecule has 0 heterocycles. The molecule has 3 aromatic rings. The van der Waals surface area contributed by atoms with Gasteiger partial charge in [0.2, 0.25) is 0 Å². The Morgan fingerprint density at radius 1 is 0.857 bits per heavy atom. The van der Waals surface area contributed by atoms with E-state index in [9.17, 15) is 9.90 Å². The topological polar surface area (TPSA) is 49.3 Å². The monoisotopic (exact) mass is 505 g/mol. The summed E-state index contributed by atoms with van der Waals surface area (Å²) in [5.41, 5.74) is 5.02. The summed E-state index contributed by atoms with van der Waals surface area (Å²) in [7, 11) is 0. The number of carbonyl (C=O) groups is 1. The van der Waals surface area contributed by atoms with Crippen LogP contribution >= 0.6 is 23.2 Å². The van der Waals surface area contributed by atoms with Gasteiger partial charge < -0.3 is 10.4 Å². The van der Waals surface area contributed by atoms with Gasteiger partial charge in [-0.2, -0.15) is 0 Å². The lowest BCUT2D eigenvalue weighted by molar-refractivity contribution is -0.143. The highest BCUT2D eigenvalue weighted by Crippen LogP contribution is 2.54. The largest absolute Gasteiger partial charge is 0.480 e. The van der Waals surface area contributed by atoms with Gasteiger partial charge in [0.15, 0.2) is 0 Å². The second-order valence-corrected chi connectivity index (χ2v) is 10.7. The van der Waals surface area contributed by atoms with Crippen molar-refractivity contribution < 1.29 is 9.90 Å². The number of hydrogen-bond acceptors (Lipinski definition) is 2. The molecule has 1 fully saturated rings. The molecule has 0 aliphatic heterocycles. The molecule has 35 heavy (non-hydrogen) atoms. The van der Waals surface area contributed by atoms with Gasteiger partial charge in [-0.05, 0) is 92.0 Å². The Balaban J connectivity index is 1.36. The highest BCUT2D eigenvalue weighted by molar-refractivity contribution is 6.31. The number of halogens is 2. The third kappa shape index (κ3) is 4.72. The molecule has 0 radical (unpaired) electrons. The number of benzene rings is 3. The molecule has 3 aromatic carbocycles. The number of aliphatic carboxylic acids is 1. The van der Waals surface area contributed by atoms with E-state index in [0.29, 0.717) is 17.9 Å². The van der Waals surface area contributed by atoms with Gasteiger partial charge in [0, 0.05) is 21.1 Å². The molecule has 0 unspecified atom stereocenters. The van der Waals surface area contributed by atoms with E-state index in [2.05, 4.69) is 47.8 Å². The average molecular weight is 506 g/mol. The number of rotatable bonds is 7. The van der Waals surface area contributed by atoms with E-state index in [1.54, 1.807) is 12.1 Å². The highest BCUT2D eigenvalue weighted by atomic mass is 35.5. The van der Waals surface area contributed by atoms with Crippen molar-refractivity contribution in [3.63, 3.8) is 0 Å². The Morgan fingerprint density at radius 3 is 2.31 bits per heavy atom. The highest BCUT2D eigenvalue weighted by Gasteiger charge is 2.51. The van der Waals surface area contributed by atoms with Crippen LogP contribution in [0.4, 0.5) is 5.69 Å². The molecule has 2 N–H and O–H groups in total. The predicted molar refractivity (Wildman–Crippen MR) is 144 cm³/mol. The Bertz CT molecular complexity index is 1260. The minimum atomic E-state index is -0.998. The summed E-state index contributed by atoms with van der Waals surface area (Å²) in [6.45, 7) is 0. The van der Waals surface area contributed by atoms with Crippen molar-refractivity contribution >= 4 is 40.9 Å². The number of fused-ring (bicyclic) bond motifs is 2. The van der Waals surface area contributed by atoms with Crippen LogP contribution in [0.5, 0.6) is 0 Å². The average Bonchev–Trinajstić information content (AvgIpc) is 3.15. The Hall–Kier alpha value is -2.75. The maximum absolute atomic E-state index is 12.5.